The zero-order valence-electron chi connectivity index (χ0n) is 8.50. The van der Waals surface area contributed by atoms with E-state index in [2.05, 4.69) is 4.98 Å². The first-order valence-electron chi connectivity index (χ1n) is 4.30. The van der Waals surface area contributed by atoms with Crippen molar-refractivity contribution >= 4 is 0 Å². The maximum Gasteiger partial charge on any atom is 0.257 e. The number of aromatic nitrogens is 1. The van der Waals surface area contributed by atoms with Crippen LogP contribution in [0.3, 0.4) is 0 Å². The van der Waals surface area contributed by atoms with E-state index in [1.165, 1.54) is 0 Å². The molecule has 1 aromatic rings. The summed E-state index contributed by atoms with van der Waals surface area (Å²) in [7, 11) is 1.61. The van der Waals surface area contributed by atoms with Crippen molar-refractivity contribution in [1.82, 2.24) is 4.98 Å². The summed E-state index contributed by atoms with van der Waals surface area (Å²) in [5.74, 6) is 1.25. The minimum absolute atomic E-state index is 0.115. The molecule has 3 heteroatoms. The van der Waals surface area contributed by atoms with E-state index in [1.54, 1.807) is 13.3 Å². The number of nitrogens with zero attached hydrogens (tertiary/aromatic N) is 1. The Bertz CT molecular complexity index is 284. The van der Waals surface area contributed by atoms with Crippen LogP contribution in [0.15, 0.2) is 12.3 Å². The van der Waals surface area contributed by atoms with Gasteiger partial charge in [-0.15, -0.1) is 0 Å². The molecule has 13 heavy (non-hydrogen) atoms. The van der Waals surface area contributed by atoms with Crippen molar-refractivity contribution in [3.63, 3.8) is 0 Å². The molecule has 0 aliphatic heterocycles. The molecule has 1 rings (SSSR count). The van der Waals surface area contributed by atoms with Gasteiger partial charge in [0.25, 0.3) is 5.88 Å². The van der Waals surface area contributed by atoms with Gasteiger partial charge in [-0.25, -0.2) is 4.98 Å². The molecule has 0 aromatic carbocycles. The van der Waals surface area contributed by atoms with Crippen molar-refractivity contribution in [2.24, 2.45) is 0 Å². The Morgan fingerprint density at radius 1 is 1.38 bits per heavy atom. The fraction of sp³-hybridized carbons (Fsp3) is 0.500. The lowest BCUT2D eigenvalue weighted by molar-refractivity contribution is 0.220. The Labute approximate surface area is 78.7 Å². The summed E-state index contributed by atoms with van der Waals surface area (Å²) in [6.07, 6.45) is 1.88. The van der Waals surface area contributed by atoms with Crippen molar-refractivity contribution in [1.29, 1.82) is 0 Å². The van der Waals surface area contributed by atoms with Crippen molar-refractivity contribution < 1.29 is 9.47 Å². The van der Waals surface area contributed by atoms with E-state index in [0.29, 0.717) is 11.6 Å². The van der Waals surface area contributed by atoms with Crippen molar-refractivity contribution in [2.75, 3.05) is 7.11 Å². The molecule has 72 valence electrons. The van der Waals surface area contributed by atoms with Gasteiger partial charge in [-0.1, -0.05) is 0 Å². The average Bonchev–Trinajstić information content (AvgIpc) is 2.07. The average molecular weight is 181 g/mol. The van der Waals surface area contributed by atoms with Crippen LogP contribution in [0.1, 0.15) is 19.4 Å². The minimum Gasteiger partial charge on any atom is -0.491 e. The highest BCUT2D eigenvalue weighted by molar-refractivity contribution is 5.35. The SMILES string of the molecule is COc1cc(C)cnc1OC(C)C. The fourth-order valence-corrected chi connectivity index (χ4v) is 0.988. The lowest BCUT2D eigenvalue weighted by atomic mass is 10.3. The molecule has 0 radical (unpaired) electrons. The molecule has 0 atom stereocenters. The van der Waals surface area contributed by atoms with Crippen LogP contribution in [0.2, 0.25) is 0 Å². The standard InChI is InChI=1S/C10H15NO2/c1-7(2)13-10-9(12-4)5-8(3)6-11-10/h5-7H,1-4H3. The number of ether oxygens (including phenoxy) is 2. The van der Waals surface area contributed by atoms with Crippen LogP contribution in [-0.4, -0.2) is 18.2 Å². The van der Waals surface area contributed by atoms with Crippen molar-refractivity contribution in [3.05, 3.63) is 17.8 Å². The largest absolute Gasteiger partial charge is 0.491 e. The molecule has 0 amide bonds. The Morgan fingerprint density at radius 2 is 2.08 bits per heavy atom. The third-order valence-corrected chi connectivity index (χ3v) is 1.52. The lowest BCUT2D eigenvalue weighted by Gasteiger charge is -2.12. The van der Waals surface area contributed by atoms with Crippen LogP contribution >= 0.6 is 0 Å². The number of hydrogen-bond acceptors (Lipinski definition) is 3. The zero-order chi connectivity index (χ0) is 9.84. The number of rotatable bonds is 3. The predicted molar refractivity (Wildman–Crippen MR) is 51.3 cm³/mol. The molecule has 1 heterocycles. The normalized spacial score (nSPS) is 10.2. The first kappa shape index (κ1) is 9.84. The molecule has 0 saturated heterocycles. The van der Waals surface area contributed by atoms with Crippen LogP contribution < -0.4 is 9.47 Å². The Balaban J connectivity index is 2.92. The summed E-state index contributed by atoms with van der Waals surface area (Å²) < 4.78 is 10.6. The van der Waals surface area contributed by atoms with Crippen molar-refractivity contribution in [3.8, 4) is 11.6 Å². The first-order chi connectivity index (χ1) is 6.13. The van der Waals surface area contributed by atoms with Crippen LogP contribution in [-0.2, 0) is 0 Å². The molecule has 0 aliphatic carbocycles. The maximum atomic E-state index is 5.46. The van der Waals surface area contributed by atoms with Crippen LogP contribution in [0.5, 0.6) is 11.6 Å². The number of methoxy groups -OCH3 is 1. The Hall–Kier alpha value is -1.25. The molecule has 0 aliphatic rings. The third-order valence-electron chi connectivity index (χ3n) is 1.52. The maximum absolute atomic E-state index is 5.46. The van der Waals surface area contributed by atoms with E-state index in [9.17, 15) is 0 Å². The molecule has 0 bridgehead atoms. The van der Waals surface area contributed by atoms with Crippen LogP contribution in [0.4, 0.5) is 0 Å². The van der Waals surface area contributed by atoms with Gasteiger partial charge in [-0.2, -0.15) is 0 Å². The van der Waals surface area contributed by atoms with Gasteiger partial charge in [0.1, 0.15) is 0 Å². The van der Waals surface area contributed by atoms with Crippen LogP contribution in [0, 0.1) is 6.92 Å². The molecule has 0 fully saturated rings. The highest BCUT2D eigenvalue weighted by Crippen LogP contribution is 2.25. The van der Waals surface area contributed by atoms with E-state index < -0.39 is 0 Å². The van der Waals surface area contributed by atoms with Crippen LogP contribution in [0.25, 0.3) is 0 Å². The monoisotopic (exact) mass is 181 g/mol. The second-order valence-corrected chi connectivity index (χ2v) is 3.19. The van der Waals surface area contributed by atoms with Gasteiger partial charge >= 0.3 is 0 Å². The van der Waals surface area contributed by atoms with Gasteiger partial charge in [-0.05, 0) is 32.4 Å². The Morgan fingerprint density at radius 3 is 2.62 bits per heavy atom. The first-order valence-corrected chi connectivity index (χ1v) is 4.30. The zero-order valence-corrected chi connectivity index (χ0v) is 8.50. The quantitative estimate of drug-likeness (QED) is 0.716. The second kappa shape index (κ2) is 4.12. The van der Waals surface area contributed by atoms with Gasteiger partial charge < -0.3 is 9.47 Å². The Kier molecular flexibility index (Phi) is 3.12. The summed E-state index contributed by atoms with van der Waals surface area (Å²) in [6.45, 7) is 5.89. The molecule has 1 aromatic heterocycles. The van der Waals surface area contributed by atoms with E-state index in [0.717, 1.165) is 5.56 Å². The molecular weight excluding hydrogens is 166 g/mol. The van der Waals surface area contributed by atoms with Gasteiger partial charge in [0.15, 0.2) is 5.75 Å². The van der Waals surface area contributed by atoms with Gasteiger partial charge in [0, 0.05) is 6.20 Å². The fourth-order valence-electron chi connectivity index (χ4n) is 0.988. The summed E-state index contributed by atoms with van der Waals surface area (Å²) >= 11 is 0. The topological polar surface area (TPSA) is 31.4 Å². The highest BCUT2D eigenvalue weighted by Gasteiger charge is 2.07. The number of pyridine rings is 1. The highest BCUT2D eigenvalue weighted by atomic mass is 16.5. The lowest BCUT2D eigenvalue weighted by Crippen LogP contribution is -2.08. The van der Waals surface area contributed by atoms with E-state index in [1.807, 2.05) is 26.8 Å². The molecule has 0 unspecified atom stereocenters. The molecular formula is C10H15NO2. The van der Waals surface area contributed by atoms with E-state index in [-0.39, 0.29) is 6.10 Å². The molecule has 3 nitrogen and oxygen atoms in total. The minimum atomic E-state index is 0.115. The third kappa shape index (κ3) is 2.61. The molecule has 0 spiro atoms. The van der Waals surface area contributed by atoms with Gasteiger partial charge in [0.05, 0.1) is 13.2 Å². The molecule has 0 saturated carbocycles. The summed E-state index contributed by atoms with van der Waals surface area (Å²) in [5.41, 5.74) is 1.06. The number of aryl methyl sites for hydroxylation is 1. The number of hydrogen-bond donors (Lipinski definition) is 0. The second-order valence-electron chi connectivity index (χ2n) is 3.19. The summed E-state index contributed by atoms with van der Waals surface area (Å²) in [6, 6.07) is 1.91. The van der Waals surface area contributed by atoms with E-state index in [4.69, 9.17) is 9.47 Å². The summed E-state index contributed by atoms with van der Waals surface area (Å²) in [4.78, 5) is 4.14. The molecule has 0 N–H and O–H groups in total. The smallest absolute Gasteiger partial charge is 0.257 e. The van der Waals surface area contributed by atoms with Gasteiger partial charge in [-0.3, -0.25) is 0 Å². The predicted octanol–water partition coefficient (Wildman–Crippen LogP) is 2.19. The van der Waals surface area contributed by atoms with E-state index >= 15 is 0 Å². The van der Waals surface area contributed by atoms with Gasteiger partial charge in [0.2, 0.25) is 0 Å². The summed E-state index contributed by atoms with van der Waals surface area (Å²) in [5, 5.41) is 0. The van der Waals surface area contributed by atoms with Crippen molar-refractivity contribution in [2.45, 2.75) is 26.9 Å².